The molecule has 2 saturated carbocycles. The van der Waals surface area contributed by atoms with Gasteiger partial charge in [0.1, 0.15) is 17.6 Å². The van der Waals surface area contributed by atoms with Crippen LogP contribution >= 0.6 is 0 Å². The van der Waals surface area contributed by atoms with Crippen LogP contribution in [-0.4, -0.2) is 59.0 Å². The molecule has 9 nitrogen and oxygen atoms in total. The van der Waals surface area contributed by atoms with Gasteiger partial charge >= 0.3 is 23.9 Å². The Bertz CT molecular complexity index is 1360. The van der Waals surface area contributed by atoms with Gasteiger partial charge in [-0.2, -0.15) is 0 Å². The third kappa shape index (κ3) is 4.12. The molecule has 43 heavy (non-hydrogen) atoms. The zero-order valence-corrected chi connectivity index (χ0v) is 26.1. The first kappa shape index (κ1) is 30.1. The second kappa shape index (κ2) is 10.0. The molecule has 0 aromatic heterocycles. The molecule has 9 heteroatoms. The van der Waals surface area contributed by atoms with Crippen LogP contribution in [0, 0.1) is 40.9 Å². The molecule has 11 atom stereocenters. The lowest BCUT2D eigenvalue weighted by Gasteiger charge is -2.61. The van der Waals surface area contributed by atoms with Crippen molar-refractivity contribution < 1.29 is 43.2 Å². The number of hydrogen-bond donors (Lipinski definition) is 1. The summed E-state index contributed by atoms with van der Waals surface area (Å²) in [5.41, 5.74) is -0.0904. The Morgan fingerprint density at radius 3 is 2.56 bits per heavy atom. The average Bonchev–Trinajstić information content (AvgIpc) is 3.35. The van der Waals surface area contributed by atoms with Gasteiger partial charge in [-0.15, -0.1) is 0 Å². The summed E-state index contributed by atoms with van der Waals surface area (Å²) in [6.45, 7) is 15.1. The fraction of sp³-hybridized carbons (Fsp3) is 0.706. The van der Waals surface area contributed by atoms with E-state index in [1.165, 1.54) is 13.8 Å². The van der Waals surface area contributed by atoms with E-state index in [1.807, 2.05) is 19.9 Å². The molecule has 2 saturated heterocycles. The van der Waals surface area contributed by atoms with E-state index in [2.05, 4.69) is 13.5 Å². The van der Waals surface area contributed by atoms with Crippen LogP contribution in [0.25, 0.3) is 0 Å². The van der Waals surface area contributed by atoms with E-state index in [0.717, 1.165) is 16.7 Å². The molecule has 1 N–H and O–H groups in total. The average molecular weight is 597 g/mol. The van der Waals surface area contributed by atoms with Gasteiger partial charge in [0.15, 0.2) is 5.60 Å². The van der Waals surface area contributed by atoms with Crippen molar-refractivity contribution in [3.8, 4) is 0 Å². The minimum atomic E-state index is -1.18. The topological polar surface area (TPSA) is 125 Å². The highest BCUT2D eigenvalue weighted by Crippen LogP contribution is 2.76. The monoisotopic (exact) mass is 596 g/mol. The van der Waals surface area contributed by atoms with Gasteiger partial charge in [0.05, 0.1) is 12.2 Å². The van der Waals surface area contributed by atoms with Crippen molar-refractivity contribution in [1.82, 2.24) is 0 Å². The zero-order valence-electron chi connectivity index (χ0n) is 26.1. The maximum Gasteiger partial charge on any atom is 0.334 e. The molecule has 4 fully saturated rings. The zero-order chi connectivity index (χ0) is 31.2. The van der Waals surface area contributed by atoms with E-state index >= 15 is 0 Å². The molecule has 2 aliphatic heterocycles. The largest absolute Gasteiger partial charge is 0.466 e. The van der Waals surface area contributed by atoms with Gasteiger partial charge in [-0.1, -0.05) is 32.1 Å². The Labute approximate surface area is 253 Å². The van der Waals surface area contributed by atoms with Crippen molar-refractivity contribution in [3.05, 3.63) is 34.9 Å². The fourth-order valence-electron chi connectivity index (χ4n) is 10.1. The molecule has 0 unspecified atom stereocenters. The number of rotatable bonds is 6. The van der Waals surface area contributed by atoms with Gasteiger partial charge in [-0.05, 0) is 74.9 Å². The molecule has 0 radical (unpaired) electrons. The maximum atomic E-state index is 14.1. The van der Waals surface area contributed by atoms with Crippen molar-refractivity contribution in [2.45, 2.75) is 103 Å². The molecule has 0 aromatic rings. The predicted octanol–water partition coefficient (Wildman–Crippen LogP) is 4.37. The molecule has 0 bridgehead atoms. The van der Waals surface area contributed by atoms with Crippen LogP contribution in [0.2, 0.25) is 0 Å². The smallest absolute Gasteiger partial charge is 0.334 e. The number of allylic oxidation sites excluding steroid dienone is 1. The molecule has 6 rings (SSSR count). The highest BCUT2D eigenvalue weighted by molar-refractivity contribution is 5.91. The molecular weight excluding hydrogens is 552 g/mol. The number of hydrogen-bond acceptors (Lipinski definition) is 9. The second-order valence-electron chi connectivity index (χ2n) is 14.2. The fourth-order valence-corrected chi connectivity index (χ4v) is 10.1. The van der Waals surface area contributed by atoms with Crippen molar-refractivity contribution in [2.24, 2.45) is 40.9 Å². The Balaban J connectivity index is 1.41. The molecule has 2 heterocycles. The van der Waals surface area contributed by atoms with E-state index < -0.39 is 28.7 Å². The summed E-state index contributed by atoms with van der Waals surface area (Å²) in [4.78, 5) is 50.7. The summed E-state index contributed by atoms with van der Waals surface area (Å²) in [7, 11) is 0. The lowest BCUT2D eigenvalue weighted by atomic mass is 9.42. The standard InChI is InChI=1S/C34H44O9/c1-16(9-8-10-40-20(5)35)24-13-25-28(15-32(24,7)39)42-31(38)33(25)14-26-29-17(2)11-27-22(18(3)30(37)41-27)12-23(29)19(4)34(26,33)43-21(6)36/h13,16-17,22,25-29,39H,3,8-12,14-15H2,1-2,4-7H3/t16-,17-,22+,25+,26-,27-,28-,29-,32-,33+,34-/m1/s1. The van der Waals surface area contributed by atoms with E-state index in [9.17, 15) is 24.3 Å². The summed E-state index contributed by atoms with van der Waals surface area (Å²) in [6.07, 6.45) is 4.66. The van der Waals surface area contributed by atoms with Crippen LogP contribution in [0.15, 0.2) is 34.9 Å². The van der Waals surface area contributed by atoms with Gasteiger partial charge in [0.25, 0.3) is 0 Å². The van der Waals surface area contributed by atoms with Gasteiger partial charge in [-0.25, -0.2) is 4.79 Å². The van der Waals surface area contributed by atoms with Crippen molar-refractivity contribution in [1.29, 1.82) is 0 Å². The van der Waals surface area contributed by atoms with Crippen molar-refractivity contribution >= 4 is 23.9 Å². The molecule has 0 aromatic carbocycles. The normalized spacial score (nSPS) is 43.4. The summed E-state index contributed by atoms with van der Waals surface area (Å²) in [5.74, 6) is -1.93. The van der Waals surface area contributed by atoms with Crippen LogP contribution in [0.3, 0.4) is 0 Å². The lowest BCUT2D eigenvalue weighted by molar-refractivity contribution is -0.230. The lowest BCUT2D eigenvalue weighted by Crippen LogP contribution is -2.71. The number of fused-ring (bicyclic) bond motifs is 7. The van der Waals surface area contributed by atoms with Crippen LogP contribution in [0.5, 0.6) is 0 Å². The number of carbonyl (C=O) groups is 4. The Kier molecular flexibility index (Phi) is 7.03. The molecule has 0 amide bonds. The van der Waals surface area contributed by atoms with Gasteiger partial charge in [-0.3, -0.25) is 14.4 Å². The van der Waals surface area contributed by atoms with Gasteiger partial charge in [0.2, 0.25) is 0 Å². The predicted molar refractivity (Wildman–Crippen MR) is 154 cm³/mol. The Morgan fingerprint density at radius 1 is 1.16 bits per heavy atom. The summed E-state index contributed by atoms with van der Waals surface area (Å²) in [5, 5.41) is 11.6. The highest BCUT2D eigenvalue weighted by Gasteiger charge is 2.83. The minimum absolute atomic E-state index is 0.0307. The van der Waals surface area contributed by atoms with E-state index in [-0.39, 0.29) is 65.9 Å². The summed E-state index contributed by atoms with van der Waals surface area (Å²) in [6, 6.07) is 0. The van der Waals surface area contributed by atoms with Gasteiger partial charge < -0.3 is 24.1 Å². The third-order valence-corrected chi connectivity index (χ3v) is 11.8. The molecule has 1 spiro atoms. The van der Waals surface area contributed by atoms with E-state index in [0.29, 0.717) is 44.3 Å². The van der Waals surface area contributed by atoms with Crippen LogP contribution in [-0.2, 0) is 38.1 Å². The van der Waals surface area contributed by atoms with Crippen LogP contribution < -0.4 is 0 Å². The highest BCUT2D eigenvalue weighted by atomic mass is 16.6. The van der Waals surface area contributed by atoms with Gasteiger partial charge in [0, 0.05) is 43.6 Å². The first-order valence-electron chi connectivity index (χ1n) is 15.7. The summed E-state index contributed by atoms with van der Waals surface area (Å²) >= 11 is 0. The second-order valence-corrected chi connectivity index (χ2v) is 14.2. The molecule has 4 aliphatic carbocycles. The number of ether oxygens (including phenoxy) is 4. The number of esters is 4. The summed E-state index contributed by atoms with van der Waals surface area (Å²) < 4.78 is 23.3. The van der Waals surface area contributed by atoms with Crippen LogP contribution in [0.1, 0.15) is 80.1 Å². The Hall–Kier alpha value is -2.94. The van der Waals surface area contributed by atoms with Crippen molar-refractivity contribution in [3.63, 3.8) is 0 Å². The van der Waals surface area contributed by atoms with Crippen LogP contribution in [0.4, 0.5) is 0 Å². The number of carbonyl (C=O) groups excluding carboxylic acids is 4. The quantitative estimate of drug-likeness (QED) is 0.156. The third-order valence-electron chi connectivity index (χ3n) is 11.8. The molecular formula is C34H44O9. The molecule has 6 aliphatic rings. The number of aliphatic hydroxyl groups is 1. The van der Waals surface area contributed by atoms with Crippen molar-refractivity contribution in [2.75, 3.05) is 6.61 Å². The maximum absolute atomic E-state index is 14.1. The SMILES string of the molecule is C=C1C(=O)O[C@@H]2C[C@@H](C)[C@@H]3C(=C(C)[C@@]4(OC(C)=O)[C@@H]3C[C@]43C(=O)O[C@@H]4C[C@@](C)(O)C([C@H](C)CCCOC(C)=O)=C[C@@H]43)C[C@@H]12. The minimum Gasteiger partial charge on any atom is -0.466 e. The molecule has 234 valence electrons. The Morgan fingerprint density at radius 2 is 1.88 bits per heavy atom. The first-order valence-corrected chi connectivity index (χ1v) is 15.7. The van der Waals surface area contributed by atoms with E-state index in [1.54, 1.807) is 6.92 Å². The first-order chi connectivity index (χ1) is 20.2. The van der Waals surface area contributed by atoms with E-state index in [4.69, 9.17) is 18.9 Å².